The van der Waals surface area contributed by atoms with Gasteiger partial charge in [0, 0.05) is 54.9 Å². The van der Waals surface area contributed by atoms with Crippen molar-refractivity contribution in [2.24, 2.45) is 5.73 Å². The molecule has 7 N–H and O–H groups in total. The molecular formula is C31H37ClF2N8O. The molecule has 0 radical (unpaired) electrons. The van der Waals surface area contributed by atoms with Gasteiger partial charge < -0.3 is 26.7 Å². The van der Waals surface area contributed by atoms with Gasteiger partial charge in [0.05, 0.1) is 16.4 Å². The summed E-state index contributed by atoms with van der Waals surface area (Å²) in [6.45, 7) is 3.22. The average Bonchev–Trinajstić information content (AvgIpc) is 3.41. The van der Waals surface area contributed by atoms with E-state index in [1.54, 1.807) is 24.4 Å². The van der Waals surface area contributed by atoms with Crippen LogP contribution in [0.2, 0.25) is 5.02 Å². The van der Waals surface area contributed by atoms with Crippen LogP contribution in [-0.4, -0.2) is 58.8 Å². The number of hydrogen-bond acceptors (Lipinski definition) is 6. The monoisotopic (exact) mass is 610 g/mol. The number of aromatic nitrogens is 3. The fourth-order valence-electron chi connectivity index (χ4n) is 5.45. The highest BCUT2D eigenvalue weighted by atomic mass is 35.5. The molecule has 228 valence electrons. The summed E-state index contributed by atoms with van der Waals surface area (Å²) in [6.07, 6.45) is 4.90. The van der Waals surface area contributed by atoms with Crippen molar-refractivity contribution in [3.05, 3.63) is 81.1 Å². The average molecular weight is 611 g/mol. The Morgan fingerprint density at radius 3 is 2.79 bits per heavy atom. The van der Waals surface area contributed by atoms with Crippen molar-refractivity contribution in [1.29, 1.82) is 5.41 Å². The van der Waals surface area contributed by atoms with Gasteiger partial charge in [-0.15, -0.1) is 0 Å². The minimum atomic E-state index is -0.793. The molecule has 0 bridgehead atoms. The van der Waals surface area contributed by atoms with Gasteiger partial charge in [-0.05, 0) is 74.1 Å². The largest absolute Gasteiger partial charge is 0.372 e. The lowest BCUT2D eigenvalue weighted by Crippen LogP contribution is -2.51. The molecule has 3 atom stereocenters. The second-order valence-corrected chi connectivity index (χ2v) is 11.6. The summed E-state index contributed by atoms with van der Waals surface area (Å²) in [7, 11) is 0. The fourth-order valence-corrected chi connectivity index (χ4v) is 5.70. The molecule has 2 aromatic carbocycles. The maximum atomic E-state index is 15.1. The van der Waals surface area contributed by atoms with Crippen molar-refractivity contribution in [3.8, 4) is 16.9 Å². The van der Waals surface area contributed by atoms with E-state index in [2.05, 4.69) is 25.9 Å². The second-order valence-electron chi connectivity index (χ2n) is 11.2. The van der Waals surface area contributed by atoms with Crippen molar-refractivity contribution in [3.63, 3.8) is 0 Å². The molecule has 1 fully saturated rings. The Kier molecular flexibility index (Phi) is 9.86. The van der Waals surface area contributed by atoms with E-state index in [0.29, 0.717) is 34.5 Å². The number of nitrogens with two attached hydrogens (primary N) is 1. The van der Waals surface area contributed by atoms with Crippen LogP contribution < -0.4 is 27.4 Å². The zero-order valence-corrected chi connectivity index (χ0v) is 24.8. The zero-order chi connectivity index (χ0) is 30.5. The maximum absolute atomic E-state index is 15.1. The van der Waals surface area contributed by atoms with Gasteiger partial charge in [-0.1, -0.05) is 23.7 Å². The summed E-state index contributed by atoms with van der Waals surface area (Å²) in [5.74, 6) is -0.636. The zero-order valence-electron chi connectivity index (χ0n) is 24.0. The number of hydrogen-bond donors (Lipinski definition) is 6. The molecule has 12 heteroatoms. The summed E-state index contributed by atoms with van der Waals surface area (Å²) in [5.41, 5.74) is 9.22. The molecule has 9 nitrogen and oxygen atoms in total. The number of nitrogens with one attached hydrogen (secondary N) is 5. The van der Waals surface area contributed by atoms with Gasteiger partial charge in [-0.3, -0.25) is 9.98 Å². The molecule has 1 saturated heterocycles. The van der Waals surface area contributed by atoms with Crippen LogP contribution in [0.25, 0.3) is 28.0 Å². The molecule has 0 spiro atoms. The van der Waals surface area contributed by atoms with Crippen LogP contribution in [0.3, 0.4) is 0 Å². The number of nitrogens with zero attached hydrogens (tertiary/aromatic N) is 2. The summed E-state index contributed by atoms with van der Waals surface area (Å²) in [5, 5.41) is 17.9. The van der Waals surface area contributed by atoms with Crippen LogP contribution in [0.15, 0.2) is 53.5 Å². The van der Waals surface area contributed by atoms with E-state index < -0.39 is 18.2 Å². The SMILES string of the molecule is C[C@H](N)CCCc1cc(Cl)c(F)c(-c2cc3cn(-c4ccc([C@@H]5CNC[C@@H](CCNC(=N)CF)N5)cc4)c(=O)nc3[nH]2)c1. The van der Waals surface area contributed by atoms with E-state index >= 15 is 4.39 Å². The Labute approximate surface area is 253 Å². The number of aryl methyl sites for hydroxylation is 1. The third-order valence-electron chi connectivity index (χ3n) is 7.73. The first-order valence-electron chi connectivity index (χ1n) is 14.5. The predicted octanol–water partition coefficient (Wildman–Crippen LogP) is 4.37. The highest BCUT2D eigenvalue weighted by molar-refractivity contribution is 6.31. The fraction of sp³-hybridized carbons (Fsp3) is 0.387. The van der Waals surface area contributed by atoms with Crippen LogP contribution in [0.1, 0.15) is 43.4 Å². The minimum Gasteiger partial charge on any atom is -0.372 e. The Hall–Kier alpha value is -3.64. The van der Waals surface area contributed by atoms with E-state index in [0.717, 1.165) is 49.9 Å². The number of piperazine rings is 1. The van der Waals surface area contributed by atoms with Crippen molar-refractivity contribution >= 4 is 28.5 Å². The predicted molar refractivity (Wildman–Crippen MR) is 168 cm³/mol. The van der Waals surface area contributed by atoms with Gasteiger partial charge in [0.1, 0.15) is 18.2 Å². The molecule has 1 aliphatic rings. The molecule has 4 aromatic rings. The Morgan fingerprint density at radius 1 is 1.26 bits per heavy atom. The lowest BCUT2D eigenvalue weighted by molar-refractivity contribution is 0.330. The molecule has 1 aliphatic heterocycles. The van der Waals surface area contributed by atoms with Gasteiger partial charge >= 0.3 is 5.69 Å². The van der Waals surface area contributed by atoms with Gasteiger partial charge in [0.25, 0.3) is 0 Å². The molecular weight excluding hydrogens is 574 g/mol. The van der Waals surface area contributed by atoms with Crippen molar-refractivity contribution in [2.45, 2.75) is 50.7 Å². The molecule has 0 amide bonds. The topological polar surface area (TPSA) is 137 Å². The number of rotatable bonds is 11. The van der Waals surface area contributed by atoms with E-state index in [1.165, 1.54) is 4.57 Å². The Morgan fingerprint density at radius 2 is 2.05 bits per heavy atom. The van der Waals surface area contributed by atoms with E-state index in [-0.39, 0.29) is 29.0 Å². The van der Waals surface area contributed by atoms with E-state index in [1.807, 2.05) is 31.2 Å². The summed E-state index contributed by atoms with van der Waals surface area (Å²) < 4.78 is 29.1. The van der Waals surface area contributed by atoms with Crippen LogP contribution in [-0.2, 0) is 6.42 Å². The van der Waals surface area contributed by atoms with Gasteiger partial charge in [0.2, 0.25) is 0 Å². The standard InChI is InChI=1S/C31H37ClF2N8O/c1-18(35)3-2-4-19-11-24(29(34)25(32)12-19)26-13-21-17-42(31(43)41-30(21)40-26)23-7-5-20(6-8-23)27-16-37-15-22(39-27)9-10-38-28(36)14-33/h5-8,11-13,17-18,22,27,37,39H,2-4,9-10,14-16,35H2,1H3,(H2,36,38)(H,40,41,43)/t18-,22+,27-/m0/s1. The first-order chi connectivity index (χ1) is 20.7. The van der Waals surface area contributed by atoms with E-state index in [4.69, 9.17) is 22.7 Å². The molecule has 43 heavy (non-hydrogen) atoms. The number of fused-ring (bicyclic) bond motifs is 1. The highest BCUT2D eigenvalue weighted by Gasteiger charge is 2.22. The normalized spacial score (nSPS) is 17.7. The van der Waals surface area contributed by atoms with Crippen LogP contribution >= 0.6 is 11.6 Å². The number of H-pyrrole nitrogens is 1. The third-order valence-corrected chi connectivity index (χ3v) is 8.00. The third kappa shape index (κ3) is 7.48. The first kappa shape index (κ1) is 30.8. The molecule has 0 aliphatic carbocycles. The van der Waals surface area contributed by atoms with Crippen LogP contribution in [0, 0.1) is 11.2 Å². The molecule has 3 heterocycles. The molecule has 5 rings (SSSR count). The lowest BCUT2D eigenvalue weighted by atomic mass is 10.0. The quantitative estimate of drug-likeness (QED) is 0.110. The Bertz CT molecular complexity index is 1640. The van der Waals surface area contributed by atoms with Crippen molar-refractivity contribution in [2.75, 3.05) is 26.3 Å². The number of amidine groups is 1. The smallest absolute Gasteiger partial charge is 0.354 e. The van der Waals surface area contributed by atoms with Gasteiger partial charge in [-0.2, -0.15) is 4.98 Å². The van der Waals surface area contributed by atoms with Crippen molar-refractivity contribution < 1.29 is 8.78 Å². The molecule has 0 unspecified atom stereocenters. The molecule has 0 saturated carbocycles. The summed E-state index contributed by atoms with van der Waals surface area (Å²) in [6, 6.07) is 13.2. The number of benzene rings is 2. The summed E-state index contributed by atoms with van der Waals surface area (Å²) >= 11 is 6.24. The number of halogens is 3. The van der Waals surface area contributed by atoms with Gasteiger partial charge in [0.15, 0.2) is 5.82 Å². The van der Waals surface area contributed by atoms with E-state index in [9.17, 15) is 9.18 Å². The second kappa shape index (κ2) is 13.8. The first-order valence-corrected chi connectivity index (χ1v) is 14.9. The summed E-state index contributed by atoms with van der Waals surface area (Å²) in [4.78, 5) is 20.3. The van der Waals surface area contributed by atoms with Crippen LogP contribution in [0.5, 0.6) is 0 Å². The molecule has 2 aromatic heterocycles. The van der Waals surface area contributed by atoms with Crippen LogP contribution in [0.4, 0.5) is 8.78 Å². The Balaban J connectivity index is 1.33. The van der Waals surface area contributed by atoms with Gasteiger partial charge in [-0.25, -0.2) is 13.6 Å². The minimum absolute atomic E-state index is 0.0440. The maximum Gasteiger partial charge on any atom is 0.354 e. The van der Waals surface area contributed by atoms with Crippen molar-refractivity contribution in [1.82, 2.24) is 30.5 Å². The number of aromatic amines is 1. The lowest BCUT2D eigenvalue weighted by Gasteiger charge is -2.32. The highest BCUT2D eigenvalue weighted by Crippen LogP contribution is 2.31. The number of alkyl halides is 1.